The van der Waals surface area contributed by atoms with Crippen LogP contribution >= 0.6 is 0 Å². The van der Waals surface area contributed by atoms with E-state index >= 15 is 0 Å². The van der Waals surface area contributed by atoms with Crippen LogP contribution in [-0.4, -0.2) is 58.3 Å². The second kappa shape index (κ2) is 9.85. The molecular formula is C26H32N4O4. The zero-order chi connectivity index (χ0) is 24.3. The van der Waals surface area contributed by atoms with Crippen LogP contribution in [0.4, 0.5) is 10.5 Å². The second-order valence-corrected chi connectivity index (χ2v) is 9.71. The van der Waals surface area contributed by atoms with E-state index in [1.165, 1.54) is 5.56 Å². The number of rotatable bonds is 5. The number of carbonyl (C=O) groups is 2. The molecule has 3 aromatic rings. The highest BCUT2D eigenvalue weighted by molar-refractivity contribution is 5.92. The van der Waals surface area contributed by atoms with Crippen LogP contribution in [0.2, 0.25) is 0 Å². The Morgan fingerprint density at radius 3 is 2.50 bits per heavy atom. The van der Waals surface area contributed by atoms with Crippen molar-refractivity contribution < 1.29 is 19.1 Å². The molecule has 0 unspecified atom stereocenters. The maximum atomic E-state index is 12.3. The molecule has 180 valence electrons. The first kappa shape index (κ1) is 23.8. The van der Waals surface area contributed by atoms with E-state index in [1.807, 2.05) is 64.1 Å². The van der Waals surface area contributed by atoms with Crippen LogP contribution in [0.3, 0.4) is 0 Å². The number of amides is 2. The maximum absolute atomic E-state index is 12.3. The average Bonchev–Trinajstić information content (AvgIpc) is 3.20. The zero-order valence-corrected chi connectivity index (χ0v) is 20.2. The summed E-state index contributed by atoms with van der Waals surface area (Å²) in [5.41, 5.74) is 4.24. The van der Waals surface area contributed by atoms with Gasteiger partial charge in [0.2, 0.25) is 5.91 Å². The molecule has 1 aliphatic rings. The number of hydrogen-bond donors (Lipinski definition) is 2. The summed E-state index contributed by atoms with van der Waals surface area (Å²) >= 11 is 0. The van der Waals surface area contributed by atoms with Gasteiger partial charge in [-0.1, -0.05) is 6.07 Å². The molecule has 1 aromatic heterocycles. The molecule has 4 rings (SSSR count). The lowest BCUT2D eigenvalue weighted by atomic mass is 10.1. The van der Waals surface area contributed by atoms with Crippen LogP contribution in [-0.2, 0) is 14.3 Å². The third-order valence-corrected chi connectivity index (χ3v) is 5.62. The lowest BCUT2D eigenvalue weighted by molar-refractivity contribution is -0.123. The summed E-state index contributed by atoms with van der Waals surface area (Å²) in [4.78, 5) is 34.2. The summed E-state index contributed by atoms with van der Waals surface area (Å²) in [6.45, 7) is 8.70. The summed E-state index contributed by atoms with van der Waals surface area (Å²) in [5.74, 6) is 0.584. The van der Waals surface area contributed by atoms with Gasteiger partial charge in [0, 0.05) is 24.3 Å². The van der Waals surface area contributed by atoms with E-state index in [4.69, 9.17) is 9.47 Å². The molecular weight excluding hydrogens is 432 g/mol. The normalized spacial score (nSPS) is 14.9. The van der Waals surface area contributed by atoms with Gasteiger partial charge in [0.1, 0.15) is 18.0 Å². The minimum absolute atomic E-state index is 0.0260. The molecule has 2 N–H and O–H groups in total. The van der Waals surface area contributed by atoms with E-state index in [1.54, 1.807) is 4.90 Å². The molecule has 0 atom stereocenters. The fourth-order valence-electron chi connectivity index (χ4n) is 3.89. The van der Waals surface area contributed by atoms with Crippen LogP contribution in [0.5, 0.6) is 0 Å². The van der Waals surface area contributed by atoms with Gasteiger partial charge in [-0.3, -0.25) is 4.79 Å². The standard InChI is InChI=1S/C26H32N4O4/c1-17-5-10-21-22(15-17)29-24(28-21)18-6-8-19(9-7-18)27-23(31)16-33-20-11-13-30(14-12-20)25(32)34-26(2,3)4/h5-10,15,20H,11-14,16H2,1-4H3,(H,27,31)(H,28,29). The largest absolute Gasteiger partial charge is 0.444 e. The van der Waals surface area contributed by atoms with Gasteiger partial charge in [-0.05, 0) is 82.5 Å². The number of nitrogens with zero attached hydrogens (tertiary/aromatic N) is 2. The summed E-state index contributed by atoms with van der Waals surface area (Å²) < 4.78 is 11.2. The molecule has 0 aliphatic carbocycles. The molecule has 8 heteroatoms. The van der Waals surface area contributed by atoms with Gasteiger partial charge in [0.05, 0.1) is 17.1 Å². The Morgan fingerprint density at radius 1 is 1.12 bits per heavy atom. The SMILES string of the molecule is Cc1ccc2nc(-c3ccc(NC(=O)COC4CCN(C(=O)OC(C)(C)C)CC4)cc3)[nH]c2c1. The van der Waals surface area contributed by atoms with Gasteiger partial charge >= 0.3 is 6.09 Å². The van der Waals surface area contributed by atoms with E-state index in [2.05, 4.69) is 21.4 Å². The second-order valence-electron chi connectivity index (χ2n) is 9.71. The van der Waals surface area contributed by atoms with Crippen molar-refractivity contribution in [2.24, 2.45) is 0 Å². The smallest absolute Gasteiger partial charge is 0.410 e. The van der Waals surface area contributed by atoms with Gasteiger partial charge in [0.25, 0.3) is 0 Å². The first-order valence-corrected chi connectivity index (χ1v) is 11.6. The number of anilines is 1. The molecule has 34 heavy (non-hydrogen) atoms. The summed E-state index contributed by atoms with van der Waals surface area (Å²) in [6, 6.07) is 13.7. The first-order chi connectivity index (χ1) is 16.2. The number of H-pyrrole nitrogens is 1. The van der Waals surface area contributed by atoms with Gasteiger partial charge in [-0.15, -0.1) is 0 Å². The van der Waals surface area contributed by atoms with E-state index in [9.17, 15) is 9.59 Å². The fraction of sp³-hybridized carbons (Fsp3) is 0.423. The van der Waals surface area contributed by atoms with Crippen molar-refractivity contribution in [1.82, 2.24) is 14.9 Å². The Bertz CT molecular complexity index is 1160. The molecule has 2 heterocycles. The van der Waals surface area contributed by atoms with Crippen molar-refractivity contribution in [3.8, 4) is 11.4 Å². The van der Waals surface area contributed by atoms with Crippen LogP contribution in [0.1, 0.15) is 39.2 Å². The Kier molecular flexibility index (Phi) is 6.88. The molecule has 0 radical (unpaired) electrons. The number of imidazole rings is 1. The van der Waals surface area contributed by atoms with Crippen molar-refractivity contribution >= 4 is 28.7 Å². The highest BCUT2D eigenvalue weighted by atomic mass is 16.6. The maximum Gasteiger partial charge on any atom is 0.410 e. The summed E-state index contributed by atoms with van der Waals surface area (Å²) in [7, 11) is 0. The van der Waals surface area contributed by atoms with Gasteiger partial charge < -0.3 is 24.7 Å². The molecule has 2 amide bonds. The number of hydrogen-bond acceptors (Lipinski definition) is 5. The van der Waals surface area contributed by atoms with E-state index in [-0.39, 0.29) is 24.7 Å². The molecule has 1 saturated heterocycles. The Morgan fingerprint density at radius 2 is 1.82 bits per heavy atom. The van der Waals surface area contributed by atoms with Gasteiger partial charge in [-0.25, -0.2) is 9.78 Å². The Balaban J connectivity index is 1.23. The topological polar surface area (TPSA) is 96.6 Å². The lowest BCUT2D eigenvalue weighted by Gasteiger charge is -2.33. The van der Waals surface area contributed by atoms with Crippen LogP contribution < -0.4 is 5.32 Å². The number of likely N-dealkylation sites (tertiary alicyclic amines) is 1. The van der Waals surface area contributed by atoms with Crippen LogP contribution in [0.25, 0.3) is 22.4 Å². The number of benzene rings is 2. The number of aromatic amines is 1. The number of aryl methyl sites for hydroxylation is 1. The predicted molar refractivity (Wildman–Crippen MR) is 132 cm³/mol. The highest BCUT2D eigenvalue weighted by Gasteiger charge is 2.27. The van der Waals surface area contributed by atoms with Crippen molar-refractivity contribution in [3.05, 3.63) is 48.0 Å². The number of fused-ring (bicyclic) bond motifs is 1. The fourth-order valence-corrected chi connectivity index (χ4v) is 3.89. The number of ether oxygens (including phenoxy) is 2. The van der Waals surface area contributed by atoms with Crippen molar-refractivity contribution in [1.29, 1.82) is 0 Å². The summed E-state index contributed by atoms with van der Waals surface area (Å²) in [5, 5.41) is 2.87. The monoisotopic (exact) mass is 464 g/mol. The first-order valence-electron chi connectivity index (χ1n) is 11.6. The molecule has 0 bridgehead atoms. The van der Waals surface area contributed by atoms with Gasteiger partial charge in [-0.2, -0.15) is 0 Å². The van der Waals surface area contributed by atoms with Gasteiger partial charge in [0.15, 0.2) is 0 Å². The molecule has 0 saturated carbocycles. The van der Waals surface area contributed by atoms with Crippen molar-refractivity contribution in [3.63, 3.8) is 0 Å². The van der Waals surface area contributed by atoms with Crippen molar-refractivity contribution in [2.45, 2.75) is 52.2 Å². The van der Waals surface area contributed by atoms with Crippen molar-refractivity contribution in [2.75, 3.05) is 25.0 Å². The van der Waals surface area contributed by atoms with Crippen LogP contribution in [0.15, 0.2) is 42.5 Å². The number of carbonyl (C=O) groups excluding carboxylic acids is 2. The van der Waals surface area contributed by atoms with Crippen LogP contribution in [0, 0.1) is 6.92 Å². The third-order valence-electron chi connectivity index (χ3n) is 5.62. The molecule has 2 aromatic carbocycles. The number of aromatic nitrogens is 2. The Labute approximate surface area is 199 Å². The lowest BCUT2D eigenvalue weighted by Crippen LogP contribution is -2.43. The zero-order valence-electron chi connectivity index (χ0n) is 20.2. The predicted octanol–water partition coefficient (Wildman–Crippen LogP) is 4.89. The quantitative estimate of drug-likeness (QED) is 0.560. The minimum Gasteiger partial charge on any atom is -0.444 e. The molecule has 0 spiro atoms. The average molecular weight is 465 g/mol. The molecule has 8 nitrogen and oxygen atoms in total. The third kappa shape index (κ3) is 6.14. The number of nitrogens with one attached hydrogen (secondary N) is 2. The molecule has 1 aliphatic heterocycles. The summed E-state index contributed by atoms with van der Waals surface area (Å²) in [6.07, 6.45) is 1.00. The van der Waals surface area contributed by atoms with E-state index in [0.29, 0.717) is 31.6 Å². The molecule has 1 fully saturated rings. The van der Waals surface area contributed by atoms with E-state index < -0.39 is 5.60 Å². The number of piperidine rings is 1. The Hall–Kier alpha value is -3.39. The van der Waals surface area contributed by atoms with E-state index in [0.717, 1.165) is 22.4 Å². The minimum atomic E-state index is -0.508. The highest BCUT2D eigenvalue weighted by Crippen LogP contribution is 2.23.